The van der Waals surface area contributed by atoms with Crippen LogP contribution in [0.5, 0.6) is 0 Å². The van der Waals surface area contributed by atoms with E-state index in [1.807, 2.05) is 23.7 Å². The van der Waals surface area contributed by atoms with Gasteiger partial charge in [-0.1, -0.05) is 19.8 Å². The van der Waals surface area contributed by atoms with Gasteiger partial charge >= 0.3 is 5.97 Å². The number of rotatable bonds is 6. The number of thiazole rings is 1. The van der Waals surface area contributed by atoms with Crippen LogP contribution < -0.4 is 5.32 Å². The van der Waals surface area contributed by atoms with E-state index in [-0.39, 0.29) is 12.0 Å². The largest absolute Gasteiger partial charge is 0.467 e. The van der Waals surface area contributed by atoms with Crippen molar-refractivity contribution in [2.24, 2.45) is 0 Å². The van der Waals surface area contributed by atoms with E-state index in [1.54, 1.807) is 11.3 Å². The van der Waals surface area contributed by atoms with E-state index in [0.717, 1.165) is 35.2 Å². The molecule has 1 aromatic carbocycles. The predicted octanol–water partition coefficient (Wildman–Crippen LogP) is 3.44. The van der Waals surface area contributed by atoms with Gasteiger partial charge < -0.3 is 10.1 Å². The first-order valence-electron chi connectivity index (χ1n) is 6.42. The molecular formula is C14H18N2O2S. The molecule has 0 aliphatic carbocycles. The molecule has 19 heavy (non-hydrogen) atoms. The molecule has 1 N–H and O–H groups in total. The number of unbranched alkanes of at least 4 members (excludes halogenated alkanes) is 1. The molecule has 0 amide bonds. The van der Waals surface area contributed by atoms with Gasteiger partial charge in [0, 0.05) is 5.69 Å². The van der Waals surface area contributed by atoms with Crippen molar-refractivity contribution in [1.29, 1.82) is 0 Å². The molecule has 4 nitrogen and oxygen atoms in total. The van der Waals surface area contributed by atoms with Gasteiger partial charge in [0.1, 0.15) is 6.04 Å². The lowest BCUT2D eigenvalue weighted by Crippen LogP contribution is -2.30. The molecule has 0 aliphatic heterocycles. The van der Waals surface area contributed by atoms with E-state index < -0.39 is 0 Å². The Labute approximate surface area is 116 Å². The smallest absolute Gasteiger partial charge is 0.328 e. The van der Waals surface area contributed by atoms with Crippen LogP contribution in [0.25, 0.3) is 10.2 Å². The number of anilines is 1. The molecule has 0 bridgehead atoms. The molecule has 2 aromatic rings. The number of methoxy groups -OCH3 is 1. The number of fused-ring (bicyclic) bond motifs is 1. The van der Waals surface area contributed by atoms with Crippen molar-refractivity contribution in [2.45, 2.75) is 32.2 Å². The monoisotopic (exact) mass is 278 g/mol. The van der Waals surface area contributed by atoms with Crippen molar-refractivity contribution >= 4 is 33.2 Å². The average molecular weight is 278 g/mol. The second-order valence-corrected chi connectivity index (χ2v) is 5.28. The number of ether oxygens (including phenoxy) is 1. The third kappa shape index (κ3) is 3.44. The number of nitrogens with one attached hydrogen (secondary N) is 1. The van der Waals surface area contributed by atoms with Gasteiger partial charge in [-0.2, -0.15) is 0 Å². The lowest BCUT2D eigenvalue weighted by atomic mass is 10.1. The zero-order valence-corrected chi connectivity index (χ0v) is 12.0. The van der Waals surface area contributed by atoms with Gasteiger partial charge in [-0.3, -0.25) is 0 Å². The van der Waals surface area contributed by atoms with E-state index in [4.69, 9.17) is 4.74 Å². The van der Waals surface area contributed by atoms with Crippen molar-refractivity contribution in [3.8, 4) is 0 Å². The molecule has 2 rings (SSSR count). The number of hydrogen-bond acceptors (Lipinski definition) is 5. The van der Waals surface area contributed by atoms with Gasteiger partial charge in [0.15, 0.2) is 0 Å². The molecule has 0 saturated heterocycles. The van der Waals surface area contributed by atoms with Crippen molar-refractivity contribution in [3.63, 3.8) is 0 Å². The summed E-state index contributed by atoms with van der Waals surface area (Å²) < 4.78 is 5.96. The minimum atomic E-state index is -0.282. The normalized spacial score (nSPS) is 12.3. The van der Waals surface area contributed by atoms with E-state index in [0.29, 0.717) is 0 Å². The molecule has 5 heteroatoms. The fraction of sp³-hybridized carbons (Fsp3) is 0.429. The standard InChI is InChI=1S/C14H18N2O2S/c1-3-4-5-12(14(17)18-2)16-10-6-7-11-13(8-10)19-9-15-11/h6-9,12,16H,3-5H2,1-2H3. The highest BCUT2D eigenvalue weighted by Crippen LogP contribution is 2.23. The average Bonchev–Trinajstić information content (AvgIpc) is 2.90. The Balaban J connectivity index is 2.12. The molecule has 1 unspecified atom stereocenters. The molecule has 0 saturated carbocycles. The summed E-state index contributed by atoms with van der Waals surface area (Å²) in [7, 11) is 1.43. The third-order valence-electron chi connectivity index (χ3n) is 3.00. The van der Waals surface area contributed by atoms with Gasteiger partial charge in [0.05, 0.1) is 22.8 Å². The van der Waals surface area contributed by atoms with Crippen LogP contribution in [-0.4, -0.2) is 24.1 Å². The van der Waals surface area contributed by atoms with Crippen LogP contribution in [0.2, 0.25) is 0 Å². The van der Waals surface area contributed by atoms with Crippen LogP contribution >= 0.6 is 11.3 Å². The van der Waals surface area contributed by atoms with Gasteiger partial charge in [-0.25, -0.2) is 9.78 Å². The van der Waals surface area contributed by atoms with E-state index in [2.05, 4.69) is 17.2 Å². The molecular weight excluding hydrogens is 260 g/mol. The van der Waals surface area contributed by atoms with Gasteiger partial charge in [0.25, 0.3) is 0 Å². The summed E-state index contributed by atoms with van der Waals surface area (Å²) >= 11 is 1.59. The number of carbonyl (C=O) groups excluding carboxylic acids is 1. The third-order valence-corrected chi connectivity index (χ3v) is 3.80. The first kappa shape index (κ1) is 13.8. The van der Waals surface area contributed by atoms with Crippen molar-refractivity contribution < 1.29 is 9.53 Å². The fourth-order valence-electron chi connectivity index (χ4n) is 1.95. The Morgan fingerprint density at radius 2 is 2.37 bits per heavy atom. The molecule has 0 radical (unpaired) electrons. The summed E-state index contributed by atoms with van der Waals surface area (Å²) in [6, 6.07) is 5.65. The quantitative estimate of drug-likeness (QED) is 0.822. The van der Waals surface area contributed by atoms with Crippen molar-refractivity contribution in [2.75, 3.05) is 12.4 Å². The number of carbonyl (C=O) groups is 1. The summed E-state index contributed by atoms with van der Waals surface area (Å²) in [6.45, 7) is 2.11. The van der Waals surface area contributed by atoms with Gasteiger partial charge in [-0.05, 0) is 24.6 Å². The van der Waals surface area contributed by atoms with Crippen LogP contribution in [-0.2, 0) is 9.53 Å². The lowest BCUT2D eigenvalue weighted by Gasteiger charge is -2.17. The van der Waals surface area contributed by atoms with Crippen LogP contribution in [0.1, 0.15) is 26.2 Å². The topological polar surface area (TPSA) is 51.2 Å². The Hall–Kier alpha value is -1.62. The van der Waals surface area contributed by atoms with Crippen LogP contribution in [0, 0.1) is 0 Å². The first-order chi connectivity index (χ1) is 9.24. The molecule has 1 aromatic heterocycles. The lowest BCUT2D eigenvalue weighted by molar-refractivity contribution is -0.141. The second-order valence-electron chi connectivity index (χ2n) is 4.40. The van der Waals surface area contributed by atoms with Gasteiger partial charge in [-0.15, -0.1) is 11.3 Å². The highest BCUT2D eigenvalue weighted by molar-refractivity contribution is 7.16. The number of nitrogens with zero attached hydrogens (tertiary/aromatic N) is 1. The second kappa shape index (κ2) is 6.52. The predicted molar refractivity (Wildman–Crippen MR) is 78.6 cm³/mol. The molecule has 1 atom stereocenters. The number of hydrogen-bond donors (Lipinski definition) is 1. The maximum Gasteiger partial charge on any atom is 0.328 e. The van der Waals surface area contributed by atoms with Crippen molar-refractivity contribution in [1.82, 2.24) is 4.98 Å². The first-order valence-corrected chi connectivity index (χ1v) is 7.30. The molecule has 1 heterocycles. The summed E-state index contributed by atoms with van der Waals surface area (Å²) in [5.74, 6) is -0.210. The highest BCUT2D eigenvalue weighted by atomic mass is 32.1. The van der Waals surface area contributed by atoms with E-state index in [1.165, 1.54) is 7.11 Å². The zero-order chi connectivity index (χ0) is 13.7. The molecule has 0 fully saturated rings. The van der Waals surface area contributed by atoms with E-state index >= 15 is 0 Å². The Morgan fingerprint density at radius 1 is 1.53 bits per heavy atom. The summed E-state index contributed by atoms with van der Waals surface area (Å²) in [4.78, 5) is 16.0. The van der Waals surface area contributed by atoms with E-state index in [9.17, 15) is 4.79 Å². The molecule has 0 aliphatic rings. The highest BCUT2D eigenvalue weighted by Gasteiger charge is 2.18. The summed E-state index contributed by atoms with van der Waals surface area (Å²) in [5.41, 5.74) is 3.74. The van der Waals surface area contributed by atoms with Crippen LogP contribution in [0.4, 0.5) is 5.69 Å². The SMILES string of the molecule is CCCCC(Nc1ccc2ncsc2c1)C(=O)OC. The van der Waals surface area contributed by atoms with Crippen LogP contribution in [0.3, 0.4) is 0 Å². The van der Waals surface area contributed by atoms with Crippen molar-refractivity contribution in [3.05, 3.63) is 23.7 Å². The maximum atomic E-state index is 11.7. The fourth-order valence-corrected chi connectivity index (χ4v) is 2.66. The number of esters is 1. The Bertz CT molecular complexity index is 553. The maximum absolute atomic E-state index is 11.7. The van der Waals surface area contributed by atoms with Gasteiger partial charge in [0.2, 0.25) is 0 Å². The summed E-state index contributed by atoms with van der Waals surface area (Å²) in [6.07, 6.45) is 2.84. The number of aromatic nitrogens is 1. The Morgan fingerprint density at radius 3 is 3.11 bits per heavy atom. The minimum absolute atomic E-state index is 0.210. The molecule has 0 spiro atoms. The minimum Gasteiger partial charge on any atom is -0.467 e. The number of benzene rings is 1. The zero-order valence-electron chi connectivity index (χ0n) is 11.2. The Kier molecular flexibility index (Phi) is 4.74. The molecule has 102 valence electrons. The summed E-state index contributed by atoms with van der Waals surface area (Å²) in [5, 5.41) is 3.25. The van der Waals surface area contributed by atoms with Crippen LogP contribution in [0.15, 0.2) is 23.7 Å².